The summed E-state index contributed by atoms with van der Waals surface area (Å²) < 4.78 is 0. The summed E-state index contributed by atoms with van der Waals surface area (Å²) in [7, 11) is 0. The molecule has 0 saturated carbocycles. The van der Waals surface area contributed by atoms with Gasteiger partial charge in [-0.15, -0.1) is 0 Å². The number of halogens is 1. The number of anilines is 1. The maximum absolute atomic E-state index is 13.7. The first kappa shape index (κ1) is 20.7. The molecular weight excluding hydrogens is 400 g/mol. The van der Waals surface area contributed by atoms with Gasteiger partial charge < -0.3 is 14.7 Å². The van der Waals surface area contributed by atoms with E-state index in [1.165, 1.54) is 0 Å². The molecule has 2 aliphatic rings. The predicted molar refractivity (Wildman–Crippen MR) is 117 cm³/mol. The number of pyridine rings is 1. The fourth-order valence-corrected chi connectivity index (χ4v) is 4.62. The van der Waals surface area contributed by atoms with E-state index in [9.17, 15) is 9.59 Å². The minimum absolute atomic E-state index is 0.00833. The predicted octanol–water partition coefficient (Wildman–Crippen LogP) is 3.27. The molecule has 0 aliphatic carbocycles. The Kier molecular flexibility index (Phi) is 5.45. The Morgan fingerprint density at radius 2 is 1.90 bits per heavy atom. The number of nitrogens with zero attached hydrogens (tertiary/aromatic N) is 4. The zero-order chi connectivity index (χ0) is 21.5. The Hall–Kier alpha value is -2.60. The van der Waals surface area contributed by atoms with Crippen LogP contribution in [0.15, 0.2) is 42.6 Å². The number of carbonyl (C=O) groups is 2. The minimum atomic E-state index is -0.865. The molecule has 0 unspecified atom stereocenters. The molecule has 7 heteroatoms. The molecule has 6 nitrogen and oxygen atoms in total. The number of hydrogen-bond donors (Lipinski definition) is 0. The highest BCUT2D eigenvalue weighted by Crippen LogP contribution is 2.37. The van der Waals surface area contributed by atoms with E-state index in [1.54, 1.807) is 16.0 Å². The van der Waals surface area contributed by atoms with Crippen molar-refractivity contribution in [3.8, 4) is 0 Å². The lowest BCUT2D eigenvalue weighted by Gasteiger charge is -2.48. The van der Waals surface area contributed by atoms with Crippen molar-refractivity contribution in [2.45, 2.75) is 45.3 Å². The summed E-state index contributed by atoms with van der Waals surface area (Å²) in [5.74, 6) is 0.0327. The highest BCUT2D eigenvalue weighted by atomic mass is 35.5. The molecule has 1 atom stereocenters. The van der Waals surface area contributed by atoms with Gasteiger partial charge in [-0.05, 0) is 57.0 Å². The maximum Gasteiger partial charge on any atom is 0.251 e. The van der Waals surface area contributed by atoms with Gasteiger partial charge in [0.15, 0.2) is 0 Å². The van der Waals surface area contributed by atoms with Gasteiger partial charge in [-0.3, -0.25) is 14.6 Å². The van der Waals surface area contributed by atoms with E-state index in [0.717, 1.165) is 16.9 Å². The number of hydrogen-bond acceptors (Lipinski definition) is 4. The van der Waals surface area contributed by atoms with E-state index in [2.05, 4.69) is 9.88 Å². The number of piperazine rings is 1. The van der Waals surface area contributed by atoms with Crippen LogP contribution >= 0.6 is 11.6 Å². The van der Waals surface area contributed by atoms with Crippen LogP contribution in [-0.2, 0) is 16.1 Å². The Morgan fingerprint density at radius 3 is 2.57 bits per heavy atom. The van der Waals surface area contributed by atoms with E-state index in [-0.39, 0.29) is 24.4 Å². The third kappa shape index (κ3) is 3.65. The third-order valence-corrected chi connectivity index (χ3v) is 6.40. The number of benzene rings is 1. The molecule has 0 radical (unpaired) electrons. The van der Waals surface area contributed by atoms with Gasteiger partial charge in [0.25, 0.3) is 5.91 Å². The zero-order valence-electron chi connectivity index (χ0n) is 17.6. The van der Waals surface area contributed by atoms with Crippen LogP contribution in [0.1, 0.15) is 31.5 Å². The second kappa shape index (κ2) is 7.91. The first-order valence-corrected chi connectivity index (χ1v) is 10.7. The van der Waals surface area contributed by atoms with Crippen molar-refractivity contribution in [3.63, 3.8) is 0 Å². The molecule has 2 amide bonds. The van der Waals surface area contributed by atoms with Crippen LogP contribution in [0, 0.1) is 6.92 Å². The summed E-state index contributed by atoms with van der Waals surface area (Å²) >= 11 is 6.03. The number of rotatable bonds is 4. The maximum atomic E-state index is 13.7. The summed E-state index contributed by atoms with van der Waals surface area (Å²) in [5, 5.41) is 0.653. The van der Waals surface area contributed by atoms with Gasteiger partial charge in [0, 0.05) is 41.7 Å². The average molecular weight is 427 g/mol. The van der Waals surface area contributed by atoms with E-state index in [1.807, 2.05) is 57.2 Å². The van der Waals surface area contributed by atoms with Gasteiger partial charge >= 0.3 is 0 Å². The van der Waals surface area contributed by atoms with Gasteiger partial charge in [-0.1, -0.05) is 23.7 Å². The Bertz CT molecular complexity index is 962. The van der Waals surface area contributed by atoms with Crippen molar-refractivity contribution in [1.29, 1.82) is 0 Å². The van der Waals surface area contributed by atoms with E-state index < -0.39 is 5.54 Å². The number of aryl methyl sites for hydroxylation is 1. The van der Waals surface area contributed by atoms with Gasteiger partial charge in [-0.2, -0.15) is 0 Å². The molecule has 1 spiro atoms. The second-order valence-corrected chi connectivity index (χ2v) is 8.93. The first-order valence-electron chi connectivity index (χ1n) is 10.3. The minimum Gasteiger partial charge on any atom is -0.368 e. The zero-order valence-corrected chi connectivity index (χ0v) is 18.4. The normalized spacial score (nSPS) is 22.0. The standard InChI is InChI=1S/C23H27ClN4O2/c1-16(2)27-14-21(29)28(13-18-4-6-19(24)7-5-18)23(22(27)30)9-11-26(15-23)20-8-10-25-17(3)12-20/h4-8,10,12,16H,9,11,13-15H2,1-3H3/t23-/m1/s1. The number of amides is 2. The topological polar surface area (TPSA) is 56.8 Å². The van der Waals surface area contributed by atoms with Crippen LogP contribution in [0.3, 0.4) is 0 Å². The molecule has 0 N–H and O–H groups in total. The van der Waals surface area contributed by atoms with Crippen molar-refractivity contribution in [2.24, 2.45) is 0 Å². The molecule has 30 heavy (non-hydrogen) atoms. The highest BCUT2D eigenvalue weighted by molar-refractivity contribution is 6.30. The Morgan fingerprint density at radius 1 is 1.17 bits per heavy atom. The van der Waals surface area contributed by atoms with E-state index in [0.29, 0.717) is 31.1 Å². The molecule has 2 aromatic rings. The summed E-state index contributed by atoms with van der Waals surface area (Å²) in [5.41, 5.74) is 2.07. The summed E-state index contributed by atoms with van der Waals surface area (Å²) in [4.78, 5) is 37.0. The fourth-order valence-electron chi connectivity index (χ4n) is 4.49. The lowest BCUT2D eigenvalue weighted by atomic mass is 9.89. The summed E-state index contributed by atoms with van der Waals surface area (Å²) in [6, 6.07) is 11.4. The summed E-state index contributed by atoms with van der Waals surface area (Å²) in [6.45, 7) is 7.61. The van der Waals surface area contributed by atoms with Crippen LogP contribution in [0.25, 0.3) is 0 Å². The molecular formula is C23H27ClN4O2. The van der Waals surface area contributed by atoms with Gasteiger partial charge in [0.05, 0.1) is 6.54 Å². The molecule has 4 rings (SSSR count). The summed E-state index contributed by atoms with van der Waals surface area (Å²) in [6.07, 6.45) is 2.39. The SMILES string of the molecule is Cc1cc(N2CC[C@@]3(C2)C(=O)N(C(C)C)CC(=O)N3Cc2ccc(Cl)cc2)ccn1. The van der Waals surface area contributed by atoms with Crippen molar-refractivity contribution in [2.75, 3.05) is 24.5 Å². The highest BCUT2D eigenvalue weighted by Gasteiger charge is 2.56. The molecule has 2 fully saturated rings. The number of aromatic nitrogens is 1. The van der Waals surface area contributed by atoms with Crippen molar-refractivity contribution in [3.05, 3.63) is 58.9 Å². The molecule has 158 valence electrons. The van der Waals surface area contributed by atoms with Gasteiger partial charge in [0.2, 0.25) is 5.91 Å². The molecule has 1 aromatic carbocycles. The van der Waals surface area contributed by atoms with Crippen molar-refractivity contribution >= 4 is 29.1 Å². The van der Waals surface area contributed by atoms with Crippen LogP contribution in [-0.4, -0.2) is 57.8 Å². The largest absolute Gasteiger partial charge is 0.368 e. The first-order chi connectivity index (χ1) is 14.3. The Labute approximate surface area is 182 Å². The lowest BCUT2D eigenvalue weighted by Crippen LogP contribution is -2.69. The quantitative estimate of drug-likeness (QED) is 0.752. The molecule has 3 heterocycles. The number of carbonyl (C=O) groups excluding carboxylic acids is 2. The second-order valence-electron chi connectivity index (χ2n) is 8.49. The van der Waals surface area contributed by atoms with Crippen molar-refractivity contribution < 1.29 is 9.59 Å². The van der Waals surface area contributed by atoms with Crippen LogP contribution < -0.4 is 4.90 Å². The van der Waals surface area contributed by atoms with Crippen LogP contribution in [0.5, 0.6) is 0 Å². The van der Waals surface area contributed by atoms with Gasteiger partial charge in [0.1, 0.15) is 12.1 Å². The monoisotopic (exact) mass is 426 g/mol. The molecule has 2 aliphatic heterocycles. The smallest absolute Gasteiger partial charge is 0.251 e. The van der Waals surface area contributed by atoms with Gasteiger partial charge in [-0.25, -0.2) is 0 Å². The van der Waals surface area contributed by atoms with Crippen LogP contribution in [0.2, 0.25) is 5.02 Å². The molecule has 1 aromatic heterocycles. The lowest BCUT2D eigenvalue weighted by molar-refractivity contribution is -0.166. The van der Waals surface area contributed by atoms with Crippen LogP contribution in [0.4, 0.5) is 5.69 Å². The van der Waals surface area contributed by atoms with E-state index >= 15 is 0 Å². The Balaban J connectivity index is 1.69. The van der Waals surface area contributed by atoms with Crippen molar-refractivity contribution in [1.82, 2.24) is 14.8 Å². The third-order valence-electron chi connectivity index (χ3n) is 6.15. The fraction of sp³-hybridized carbons (Fsp3) is 0.435. The molecule has 0 bridgehead atoms. The average Bonchev–Trinajstić information content (AvgIpc) is 3.16. The van der Waals surface area contributed by atoms with E-state index in [4.69, 9.17) is 11.6 Å². The molecule has 2 saturated heterocycles.